The molecular weight excluding hydrogens is 182 g/mol. The maximum absolute atomic E-state index is 11.2. The van der Waals surface area contributed by atoms with E-state index in [0.717, 1.165) is 0 Å². The van der Waals surface area contributed by atoms with Gasteiger partial charge >= 0.3 is 0 Å². The van der Waals surface area contributed by atoms with E-state index < -0.39 is 6.10 Å². The zero-order chi connectivity index (χ0) is 11.0. The Balaban J connectivity index is 3.43. The molecule has 14 heavy (non-hydrogen) atoms. The van der Waals surface area contributed by atoms with Crippen LogP contribution in [0.25, 0.3) is 0 Å². The summed E-state index contributed by atoms with van der Waals surface area (Å²) in [7, 11) is 0. The van der Waals surface area contributed by atoms with Crippen molar-refractivity contribution in [1.82, 2.24) is 5.32 Å². The number of ether oxygens (including phenoxy) is 1. The Labute approximate surface area is 85.6 Å². The molecule has 2 N–H and O–H groups in total. The Morgan fingerprint density at radius 3 is 2.64 bits per heavy atom. The average Bonchev–Trinajstić information content (AvgIpc) is 2.12. The third kappa shape index (κ3) is 8.01. The van der Waals surface area contributed by atoms with Crippen LogP contribution in [-0.2, 0) is 9.53 Å². The van der Waals surface area contributed by atoms with Gasteiger partial charge in [0.1, 0.15) is 0 Å². The van der Waals surface area contributed by atoms with Crippen LogP contribution in [0.2, 0.25) is 0 Å². The van der Waals surface area contributed by atoms with E-state index in [1.54, 1.807) is 6.92 Å². The number of aliphatic hydroxyl groups is 1. The molecule has 0 saturated carbocycles. The smallest absolute Gasteiger partial charge is 0.220 e. The van der Waals surface area contributed by atoms with Crippen LogP contribution in [0.15, 0.2) is 0 Å². The fraction of sp³-hybridized carbons (Fsp3) is 0.900. The monoisotopic (exact) mass is 203 g/mol. The second-order valence-electron chi connectivity index (χ2n) is 3.46. The Kier molecular flexibility index (Phi) is 7.42. The van der Waals surface area contributed by atoms with E-state index in [9.17, 15) is 4.79 Å². The molecular formula is C10H21NO3. The fourth-order valence-electron chi connectivity index (χ4n) is 1.03. The molecule has 0 spiro atoms. The molecule has 0 aliphatic rings. The Morgan fingerprint density at radius 1 is 1.50 bits per heavy atom. The summed E-state index contributed by atoms with van der Waals surface area (Å²) in [5.74, 6) is -0.0301. The minimum absolute atomic E-state index is 0.0301. The van der Waals surface area contributed by atoms with E-state index in [0.29, 0.717) is 26.0 Å². The number of hydrogen-bond donors (Lipinski definition) is 2. The third-order valence-corrected chi connectivity index (χ3v) is 1.83. The number of nitrogens with one attached hydrogen (secondary N) is 1. The van der Waals surface area contributed by atoms with E-state index in [4.69, 9.17) is 9.84 Å². The zero-order valence-electron chi connectivity index (χ0n) is 9.25. The summed E-state index contributed by atoms with van der Waals surface area (Å²) in [6, 6.07) is 0. The number of rotatable bonds is 7. The van der Waals surface area contributed by atoms with E-state index in [-0.39, 0.29) is 12.0 Å². The van der Waals surface area contributed by atoms with Crippen molar-refractivity contribution < 1.29 is 14.6 Å². The van der Waals surface area contributed by atoms with Crippen LogP contribution >= 0.6 is 0 Å². The Morgan fingerprint density at radius 2 is 2.14 bits per heavy atom. The molecule has 1 amide bonds. The molecule has 0 aromatic carbocycles. The molecule has 2 atom stereocenters. The molecule has 0 radical (unpaired) electrons. The summed E-state index contributed by atoms with van der Waals surface area (Å²) in [4.78, 5) is 11.2. The van der Waals surface area contributed by atoms with Gasteiger partial charge in [-0.05, 0) is 27.2 Å². The lowest BCUT2D eigenvalue weighted by atomic mass is 10.2. The Hall–Kier alpha value is -0.610. The quantitative estimate of drug-likeness (QED) is 0.640. The lowest BCUT2D eigenvalue weighted by molar-refractivity contribution is -0.122. The summed E-state index contributed by atoms with van der Waals surface area (Å²) in [6.45, 7) is 6.71. The van der Waals surface area contributed by atoms with Crippen molar-refractivity contribution in [3.8, 4) is 0 Å². The second kappa shape index (κ2) is 7.76. The highest BCUT2D eigenvalue weighted by molar-refractivity contribution is 5.75. The molecule has 0 rings (SSSR count). The summed E-state index contributed by atoms with van der Waals surface area (Å²) in [6.07, 6.45) is 0.520. The predicted molar refractivity (Wildman–Crippen MR) is 55.0 cm³/mol. The van der Waals surface area contributed by atoms with Gasteiger partial charge in [-0.2, -0.15) is 0 Å². The lowest BCUT2D eigenvalue weighted by Gasteiger charge is -2.12. The topological polar surface area (TPSA) is 58.6 Å². The molecule has 0 bridgehead atoms. The van der Waals surface area contributed by atoms with E-state index in [1.165, 1.54) is 0 Å². The van der Waals surface area contributed by atoms with Crippen molar-refractivity contribution in [2.45, 2.75) is 45.8 Å². The van der Waals surface area contributed by atoms with E-state index in [2.05, 4.69) is 5.32 Å². The molecule has 0 fully saturated rings. The standard InChI is InChI=1S/C10H21NO3/c1-4-14-9(3)7-11-10(13)6-5-8(2)12/h8-9,12H,4-7H2,1-3H3,(H,11,13). The summed E-state index contributed by atoms with van der Waals surface area (Å²) < 4.78 is 5.25. The number of carbonyl (C=O) groups is 1. The SMILES string of the molecule is CCOC(C)CNC(=O)CCC(C)O. The fourth-order valence-corrected chi connectivity index (χ4v) is 1.03. The molecule has 4 heteroatoms. The van der Waals surface area contributed by atoms with Gasteiger partial charge in [0.15, 0.2) is 0 Å². The average molecular weight is 203 g/mol. The maximum Gasteiger partial charge on any atom is 0.220 e. The first-order valence-electron chi connectivity index (χ1n) is 5.12. The molecule has 84 valence electrons. The molecule has 4 nitrogen and oxygen atoms in total. The molecule has 0 heterocycles. The van der Waals surface area contributed by atoms with Gasteiger partial charge < -0.3 is 15.2 Å². The summed E-state index contributed by atoms with van der Waals surface area (Å²) in [5.41, 5.74) is 0. The summed E-state index contributed by atoms with van der Waals surface area (Å²) >= 11 is 0. The van der Waals surface area contributed by atoms with Crippen LogP contribution in [0.1, 0.15) is 33.6 Å². The van der Waals surface area contributed by atoms with Crippen LogP contribution in [0.4, 0.5) is 0 Å². The van der Waals surface area contributed by atoms with E-state index in [1.807, 2.05) is 13.8 Å². The molecule has 0 saturated heterocycles. The lowest BCUT2D eigenvalue weighted by Crippen LogP contribution is -2.32. The molecule has 0 aromatic rings. The van der Waals surface area contributed by atoms with Gasteiger partial charge in [-0.15, -0.1) is 0 Å². The first-order valence-corrected chi connectivity index (χ1v) is 5.12. The van der Waals surface area contributed by atoms with Crippen molar-refractivity contribution in [2.75, 3.05) is 13.2 Å². The number of hydrogen-bond acceptors (Lipinski definition) is 3. The predicted octanol–water partition coefficient (Wildman–Crippen LogP) is 0.689. The highest BCUT2D eigenvalue weighted by atomic mass is 16.5. The normalized spacial score (nSPS) is 14.9. The van der Waals surface area contributed by atoms with Gasteiger partial charge in [0.05, 0.1) is 12.2 Å². The number of aliphatic hydroxyl groups excluding tert-OH is 1. The van der Waals surface area contributed by atoms with Gasteiger partial charge in [-0.1, -0.05) is 0 Å². The Bertz CT molecular complexity index is 159. The zero-order valence-corrected chi connectivity index (χ0v) is 9.25. The van der Waals surface area contributed by atoms with Gasteiger partial charge in [-0.25, -0.2) is 0 Å². The largest absolute Gasteiger partial charge is 0.393 e. The van der Waals surface area contributed by atoms with Gasteiger partial charge in [0, 0.05) is 19.6 Å². The van der Waals surface area contributed by atoms with Crippen LogP contribution < -0.4 is 5.32 Å². The minimum Gasteiger partial charge on any atom is -0.393 e. The van der Waals surface area contributed by atoms with Crippen molar-refractivity contribution in [3.05, 3.63) is 0 Å². The minimum atomic E-state index is -0.412. The highest BCUT2D eigenvalue weighted by Gasteiger charge is 2.06. The maximum atomic E-state index is 11.2. The van der Waals surface area contributed by atoms with Gasteiger partial charge in [0.25, 0.3) is 0 Å². The van der Waals surface area contributed by atoms with Crippen LogP contribution in [-0.4, -0.2) is 36.4 Å². The van der Waals surface area contributed by atoms with Crippen LogP contribution in [0, 0.1) is 0 Å². The van der Waals surface area contributed by atoms with Gasteiger partial charge in [0.2, 0.25) is 5.91 Å². The van der Waals surface area contributed by atoms with Crippen molar-refractivity contribution in [3.63, 3.8) is 0 Å². The summed E-state index contributed by atoms with van der Waals surface area (Å²) in [5, 5.41) is 11.7. The van der Waals surface area contributed by atoms with Gasteiger partial charge in [-0.3, -0.25) is 4.79 Å². The van der Waals surface area contributed by atoms with E-state index >= 15 is 0 Å². The molecule has 0 aliphatic carbocycles. The van der Waals surface area contributed by atoms with Crippen molar-refractivity contribution in [2.24, 2.45) is 0 Å². The first-order chi connectivity index (χ1) is 6.56. The van der Waals surface area contributed by atoms with Crippen molar-refractivity contribution in [1.29, 1.82) is 0 Å². The van der Waals surface area contributed by atoms with Crippen LogP contribution in [0.3, 0.4) is 0 Å². The molecule has 0 aliphatic heterocycles. The van der Waals surface area contributed by atoms with Crippen molar-refractivity contribution >= 4 is 5.91 Å². The number of amides is 1. The molecule has 2 unspecified atom stereocenters. The second-order valence-corrected chi connectivity index (χ2v) is 3.46. The van der Waals surface area contributed by atoms with Crippen LogP contribution in [0.5, 0.6) is 0 Å². The molecule has 0 aromatic heterocycles. The highest BCUT2D eigenvalue weighted by Crippen LogP contribution is 1.95. The number of carbonyl (C=O) groups excluding carboxylic acids is 1. The first kappa shape index (κ1) is 13.4. The third-order valence-electron chi connectivity index (χ3n) is 1.83.